The average molecular weight is 363 g/mol. The maximum atomic E-state index is 10.9. The molecule has 0 atom stereocenters. The van der Waals surface area contributed by atoms with Crippen LogP contribution in [0.25, 0.3) is 0 Å². The van der Waals surface area contributed by atoms with Gasteiger partial charge >= 0.3 is 5.97 Å². The van der Waals surface area contributed by atoms with E-state index in [-0.39, 0.29) is 16.6 Å². The van der Waals surface area contributed by atoms with Crippen molar-refractivity contribution in [3.05, 3.63) is 50.5 Å². The standard InChI is InChI=1S/C12H6BrCl2NO3/c13-6-1-3-9(8(15)5-6)19-10-4-2-7(14)11(16-10)12(17)18/h1-5H,(H,17,18). The molecule has 0 saturated carbocycles. The number of hydrogen-bond acceptors (Lipinski definition) is 3. The summed E-state index contributed by atoms with van der Waals surface area (Å²) in [5.74, 6) is -0.751. The van der Waals surface area contributed by atoms with Gasteiger partial charge in [0.05, 0.1) is 10.0 Å². The van der Waals surface area contributed by atoms with Crippen molar-refractivity contribution in [3.63, 3.8) is 0 Å². The molecule has 0 radical (unpaired) electrons. The van der Waals surface area contributed by atoms with Crippen LogP contribution in [0, 0.1) is 0 Å². The number of nitrogens with zero attached hydrogens (tertiary/aromatic N) is 1. The Morgan fingerprint density at radius 2 is 1.95 bits per heavy atom. The van der Waals surface area contributed by atoms with Crippen molar-refractivity contribution in [1.82, 2.24) is 4.98 Å². The number of benzene rings is 1. The Hall–Kier alpha value is -1.30. The number of rotatable bonds is 3. The summed E-state index contributed by atoms with van der Waals surface area (Å²) in [6.07, 6.45) is 0. The predicted octanol–water partition coefficient (Wildman–Crippen LogP) is 4.64. The van der Waals surface area contributed by atoms with Crippen molar-refractivity contribution < 1.29 is 14.6 Å². The third-order valence-corrected chi connectivity index (χ3v) is 3.23. The molecule has 0 aliphatic carbocycles. The summed E-state index contributed by atoms with van der Waals surface area (Å²) in [4.78, 5) is 14.7. The predicted molar refractivity (Wildman–Crippen MR) is 75.4 cm³/mol. The molecule has 2 rings (SSSR count). The van der Waals surface area contributed by atoms with Gasteiger partial charge in [0, 0.05) is 10.5 Å². The molecule has 1 aromatic heterocycles. The van der Waals surface area contributed by atoms with Gasteiger partial charge in [-0.25, -0.2) is 9.78 Å². The number of hydrogen-bond donors (Lipinski definition) is 1. The molecule has 0 aliphatic heterocycles. The largest absolute Gasteiger partial charge is 0.476 e. The summed E-state index contributed by atoms with van der Waals surface area (Å²) in [6, 6.07) is 7.91. The van der Waals surface area contributed by atoms with E-state index in [1.807, 2.05) is 0 Å². The number of carboxylic acids is 1. The van der Waals surface area contributed by atoms with Crippen LogP contribution in [0.5, 0.6) is 11.6 Å². The smallest absolute Gasteiger partial charge is 0.356 e. The van der Waals surface area contributed by atoms with E-state index in [0.717, 1.165) is 4.47 Å². The second kappa shape index (κ2) is 5.77. The minimum absolute atomic E-state index is 0.0433. The molecule has 1 heterocycles. The summed E-state index contributed by atoms with van der Waals surface area (Å²) in [5, 5.41) is 9.33. The van der Waals surface area contributed by atoms with Gasteiger partial charge in [-0.05, 0) is 24.3 Å². The van der Waals surface area contributed by atoms with Crippen molar-refractivity contribution in [3.8, 4) is 11.6 Å². The lowest BCUT2D eigenvalue weighted by molar-refractivity contribution is 0.0690. The number of ether oxygens (including phenoxy) is 1. The van der Waals surface area contributed by atoms with Gasteiger partial charge in [-0.1, -0.05) is 39.1 Å². The molecule has 0 saturated heterocycles. The van der Waals surface area contributed by atoms with E-state index in [9.17, 15) is 4.79 Å². The molecule has 0 aliphatic rings. The van der Waals surface area contributed by atoms with Crippen LogP contribution in [-0.4, -0.2) is 16.1 Å². The fourth-order valence-corrected chi connectivity index (χ4v) is 2.20. The van der Waals surface area contributed by atoms with Crippen LogP contribution in [0.3, 0.4) is 0 Å². The molecule has 0 unspecified atom stereocenters. The quantitative estimate of drug-likeness (QED) is 0.863. The Balaban J connectivity index is 2.33. The van der Waals surface area contributed by atoms with Crippen molar-refractivity contribution in [2.24, 2.45) is 0 Å². The second-order valence-corrected chi connectivity index (χ2v) is 5.19. The van der Waals surface area contributed by atoms with E-state index in [0.29, 0.717) is 10.8 Å². The van der Waals surface area contributed by atoms with Gasteiger partial charge in [0.1, 0.15) is 5.75 Å². The minimum atomic E-state index is -1.22. The molecule has 98 valence electrons. The van der Waals surface area contributed by atoms with Crippen LogP contribution >= 0.6 is 39.1 Å². The number of carbonyl (C=O) groups is 1. The van der Waals surface area contributed by atoms with Gasteiger partial charge in [0.15, 0.2) is 5.69 Å². The van der Waals surface area contributed by atoms with Crippen molar-refractivity contribution in [2.45, 2.75) is 0 Å². The van der Waals surface area contributed by atoms with E-state index in [1.165, 1.54) is 12.1 Å². The number of aromatic carboxylic acids is 1. The van der Waals surface area contributed by atoms with Gasteiger partial charge in [-0.2, -0.15) is 0 Å². The zero-order valence-electron chi connectivity index (χ0n) is 9.23. The summed E-state index contributed by atoms with van der Waals surface area (Å²) < 4.78 is 6.23. The fraction of sp³-hybridized carbons (Fsp3) is 0. The lowest BCUT2D eigenvalue weighted by atomic mass is 10.3. The van der Waals surface area contributed by atoms with Crippen LogP contribution in [0.2, 0.25) is 10.0 Å². The van der Waals surface area contributed by atoms with E-state index in [2.05, 4.69) is 20.9 Å². The molecule has 4 nitrogen and oxygen atoms in total. The van der Waals surface area contributed by atoms with Gasteiger partial charge in [0.25, 0.3) is 0 Å². The van der Waals surface area contributed by atoms with Crippen LogP contribution in [-0.2, 0) is 0 Å². The van der Waals surface area contributed by atoms with E-state index in [1.54, 1.807) is 18.2 Å². The van der Waals surface area contributed by atoms with Crippen LogP contribution < -0.4 is 4.74 Å². The Morgan fingerprint density at radius 3 is 2.58 bits per heavy atom. The maximum absolute atomic E-state index is 10.9. The van der Waals surface area contributed by atoms with Gasteiger partial charge in [-0.3, -0.25) is 0 Å². The van der Waals surface area contributed by atoms with Crippen LogP contribution in [0.15, 0.2) is 34.8 Å². The summed E-state index contributed by atoms with van der Waals surface area (Å²) in [6.45, 7) is 0. The zero-order chi connectivity index (χ0) is 14.0. The fourth-order valence-electron chi connectivity index (χ4n) is 1.30. The number of pyridine rings is 1. The maximum Gasteiger partial charge on any atom is 0.356 e. The lowest BCUT2D eigenvalue weighted by Crippen LogP contribution is -2.02. The summed E-state index contributed by atoms with van der Waals surface area (Å²) in [7, 11) is 0. The Morgan fingerprint density at radius 1 is 1.21 bits per heavy atom. The highest BCUT2D eigenvalue weighted by molar-refractivity contribution is 9.10. The first kappa shape index (κ1) is 14.1. The normalized spacial score (nSPS) is 10.3. The lowest BCUT2D eigenvalue weighted by Gasteiger charge is -2.08. The van der Waals surface area contributed by atoms with Crippen molar-refractivity contribution in [2.75, 3.05) is 0 Å². The van der Waals surface area contributed by atoms with Gasteiger partial charge in [-0.15, -0.1) is 0 Å². The first-order chi connectivity index (χ1) is 8.97. The first-order valence-electron chi connectivity index (χ1n) is 5.00. The number of aromatic nitrogens is 1. The average Bonchev–Trinajstić information content (AvgIpc) is 2.34. The number of halogens is 3. The minimum Gasteiger partial charge on any atom is -0.476 e. The molecule has 2 aromatic rings. The summed E-state index contributed by atoms with van der Waals surface area (Å²) >= 11 is 15.0. The first-order valence-corrected chi connectivity index (χ1v) is 6.55. The van der Waals surface area contributed by atoms with Crippen molar-refractivity contribution >= 4 is 45.1 Å². The molecule has 0 amide bonds. The third kappa shape index (κ3) is 3.37. The molecule has 0 bridgehead atoms. The Labute approximate surface area is 127 Å². The van der Waals surface area contributed by atoms with Crippen LogP contribution in [0.4, 0.5) is 0 Å². The molecular formula is C12H6BrCl2NO3. The van der Waals surface area contributed by atoms with Crippen LogP contribution in [0.1, 0.15) is 10.5 Å². The molecular weight excluding hydrogens is 357 g/mol. The topological polar surface area (TPSA) is 59.4 Å². The van der Waals surface area contributed by atoms with E-state index >= 15 is 0 Å². The summed E-state index contributed by atoms with van der Waals surface area (Å²) in [5.41, 5.74) is -0.271. The highest BCUT2D eigenvalue weighted by Crippen LogP contribution is 2.31. The van der Waals surface area contributed by atoms with E-state index < -0.39 is 5.97 Å². The molecule has 7 heteroatoms. The molecule has 1 aromatic carbocycles. The highest BCUT2D eigenvalue weighted by atomic mass is 79.9. The molecule has 0 spiro atoms. The van der Waals surface area contributed by atoms with Gasteiger partial charge < -0.3 is 9.84 Å². The zero-order valence-corrected chi connectivity index (χ0v) is 12.3. The Kier molecular flexibility index (Phi) is 4.29. The van der Waals surface area contributed by atoms with Crippen molar-refractivity contribution in [1.29, 1.82) is 0 Å². The highest BCUT2D eigenvalue weighted by Gasteiger charge is 2.13. The third-order valence-electron chi connectivity index (χ3n) is 2.13. The molecule has 1 N–H and O–H groups in total. The molecule has 19 heavy (non-hydrogen) atoms. The number of carboxylic acid groups (broad SMARTS) is 1. The van der Waals surface area contributed by atoms with E-state index in [4.69, 9.17) is 33.0 Å². The monoisotopic (exact) mass is 361 g/mol. The molecule has 0 fully saturated rings. The van der Waals surface area contributed by atoms with Gasteiger partial charge in [0.2, 0.25) is 5.88 Å². The Bertz CT molecular complexity index is 649. The SMILES string of the molecule is O=C(O)c1nc(Oc2ccc(Br)cc2Cl)ccc1Cl. The second-order valence-electron chi connectivity index (χ2n) is 3.46.